The highest BCUT2D eigenvalue weighted by atomic mass is 32.2. The van der Waals surface area contributed by atoms with Crippen LogP contribution >= 0.6 is 0 Å². The molecular formula is C19H22N6O3S. The monoisotopic (exact) mass is 414 g/mol. The molecular weight excluding hydrogens is 392 g/mol. The maximum absolute atomic E-state index is 12.2. The molecule has 152 valence electrons. The van der Waals surface area contributed by atoms with Crippen molar-refractivity contribution in [1.29, 1.82) is 0 Å². The largest absolute Gasteiger partial charge is 0.337 e. The number of hydrogen-bond acceptors (Lipinski definition) is 5. The number of sulfonamides is 1. The number of carbonyl (C=O) groups is 1. The molecule has 10 heteroatoms. The van der Waals surface area contributed by atoms with Crippen LogP contribution in [0.5, 0.6) is 0 Å². The highest BCUT2D eigenvalue weighted by molar-refractivity contribution is 7.89. The van der Waals surface area contributed by atoms with E-state index in [4.69, 9.17) is 0 Å². The molecule has 2 aromatic carbocycles. The van der Waals surface area contributed by atoms with Crippen LogP contribution in [0.15, 0.2) is 66.1 Å². The molecule has 0 unspecified atom stereocenters. The van der Waals surface area contributed by atoms with Gasteiger partial charge in [-0.3, -0.25) is 0 Å². The van der Waals surface area contributed by atoms with Gasteiger partial charge < -0.3 is 10.6 Å². The maximum atomic E-state index is 12.2. The van der Waals surface area contributed by atoms with Crippen molar-refractivity contribution in [3.8, 4) is 5.69 Å². The summed E-state index contributed by atoms with van der Waals surface area (Å²) in [6.45, 7) is 2.49. The Morgan fingerprint density at radius 1 is 1.00 bits per heavy atom. The predicted octanol–water partition coefficient (Wildman–Crippen LogP) is 1.35. The lowest BCUT2D eigenvalue weighted by Gasteiger charge is -2.10. The van der Waals surface area contributed by atoms with E-state index in [1.54, 1.807) is 35.3 Å². The summed E-state index contributed by atoms with van der Waals surface area (Å²) < 4.78 is 28.4. The van der Waals surface area contributed by atoms with Crippen molar-refractivity contribution >= 4 is 16.1 Å². The molecule has 0 aliphatic carbocycles. The third-order valence-electron chi connectivity index (χ3n) is 4.11. The summed E-state index contributed by atoms with van der Waals surface area (Å²) in [5.74, 6) is 0. The van der Waals surface area contributed by atoms with E-state index in [2.05, 4.69) is 25.4 Å². The number of urea groups is 1. The van der Waals surface area contributed by atoms with Gasteiger partial charge in [0.25, 0.3) is 0 Å². The van der Waals surface area contributed by atoms with E-state index >= 15 is 0 Å². The highest BCUT2D eigenvalue weighted by Crippen LogP contribution is 2.09. The Labute approximate surface area is 169 Å². The standard InChI is InChI=1S/C19H22N6O3S/c1-15-2-8-18(9-3-15)29(27,28)24-11-10-21-19(26)22-12-16-4-6-17(7-5-16)25-14-20-13-23-25/h2-9,13-14,24H,10-12H2,1H3,(H2,21,22,26). The van der Waals surface area contributed by atoms with Gasteiger partial charge in [-0.2, -0.15) is 5.10 Å². The minimum atomic E-state index is -3.59. The van der Waals surface area contributed by atoms with Crippen LogP contribution in [-0.4, -0.2) is 42.3 Å². The van der Waals surface area contributed by atoms with Gasteiger partial charge in [0.15, 0.2) is 0 Å². The predicted molar refractivity (Wildman–Crippen MR) is 108 cm³/mol. The number of nitrogens with zero attached hydrogens (tertiary/aromatic N) is 3. The fourth-order valence-corrected chi connectivity index (χ4v) is 3.55. The van der Waals surface area contributed by atoms with Crippen molar-refractivity contribution in [3.05, 3.63) is 72.3 Å². The summed E-state index contributed by atoms with van der Waals surface area (Å²) in [4.78, 5) is 16.0. The van der Waals surface area contributed by atoms with Gasteiger partial charge in [0.2, 0.25) is 10.0 Å². The zero-order valence-electron chi connectivity index (χ0n) is 15.9. The van der Waals surface area contributed by atoms with Crippen molar-refractivity contribution in [1.82, 2.24) is 30.1 Å². The van der Waals surface area contributed by atoms with Crippen LogP contribution in [0.4, 0.5) is 4.79 Å². The fraction of sp³-hybridized carbons (Fsp3) is 0.211. The van der Waals surface area contributed by atoms with Crippen LogP contribution in [-0.2, 0) is 16.6 Å². The van der Waals surface area contributed by atoms with Crippen molar-refractivity contribution < 1.29 is 13.2 Å². The normalized spacial score (nSPS) is 11.2. The molecule has 9 nitrogen and oxygen atoms in total. The van der Waals surface area contributed by atoms with Crippen LogP contribution in [0.3, 0.4) is 0 Å². The van der Waals surface area contributed by atoms with Crippen LogP contribution in [0.1, 0.15) is 11.1 Å². The summed E-state index contributed by atoms with van der Waals surface area (Å²) >= 11 is 0. The fourth-order valence-electron chi connectivity index (χ4n) is 2.52. The van der Waals surface area contributed by atoms with E-state index in [1.807, 2.05) is 31.2 Å². The summed E-state index contributed by atoms with van der Waals surface area (Å²) in [5.41, 5.74) is 2.77. The first kappa shape index (κ1) is 20.5. The van der Waals surface area contributed by atoms with Crippen molar-refractivity contribution in [2.75, 3.05) is 13.1 Å². The summed E-state index contributed by atoms with van der Waals surface area (Å²) in [7, 11) is -3.59. The molecule has 1 aromatic heterocycles. The summed E-state index contributed by atoms with van der Waals surface area (Å²) in [6, 6.07) is 13.7. The number of rotatable bonds is 8. The maximum Gasteiger partial charge on any atom is 0.315 e. The van der Waals surface area contributed by atoms with Gasteiger partial charge in [-0.1, -0.05) is 29.8 Å². The van der Waals surface area contributed by atoms with Gasteiger partial charge >= 0.3 is 6.03 Å². The second kappa shape index (κ2) is 9.30. The Bertz CT molecular complexity index is 1030. The van der Waals surface area contributed by atoms with Gasteiger partial charge in [-0.05, 0) is 36.8 Å². The molecule has 0 atom stereocenters. The molecule has 3 rings (SSSR count). The van der Waals surface area contributed by atoms with Gasteiger partial charge in [0.05, 0.1) is 10.6 Å². The smallest absolute Gasteiger partial charge is 0.315 e. The molecule has 29 heavy (non-hydrogen) atoms. The lowest BCUT2D eigenvalue weighted by Crippen LogP contribution is -2.40. The number of aromatic nitrogens is 3. The minimum Gasteiger partial charge on any atom is -0.337 e. The van der Waals surface area contributed by atoms with Crippen LogP contribution in [0.25, 0.3) is 5.69 Å². The van der Waals surface area contributed by atoms with Crippen molar-refractivity contribution in [3.63, 3.8) is 0 Å². The Morgan fingerprint density at radius 2 is 1.72 bits per heavy atom. The lowest BCUT2D eigenvalue weighted by molar-refractivity contribution is 0.240. The average Bonchev–Trinajstić information content (AvgIpc) is 3.25. The van der Waals surface area contributed by atoms with Crippen LogP contribution in [0.2, 0.25) is 0 Å². The molecule has 1 heterocycles. The Balaban J connectivity index is 1.38. The molecule has 0 radical (unpaired) electrons. The quantitative estimate of drug-likeness (QED) is 0.481. The first-order valence-electron chi connectivity index (χ1n) is 8.96. The Hall–Kier alpha value is -3.24. The average molecular weight is 414 g/mol. The zero-order valence-corrected chi connectivity index (χ0v) is 16.7. The number of benzene rings is 2. The number of carbonyl (C=O) groups excluding carboxylic acids is 1. The second-order valence-corrected chi connectivity index (χ2v) is 8.09. The van der Waals surface area contributed by atoms with Crippen LogP contribution < -0.4 is 15.4 Å². The van der Waals surface area contributed by atoms with Crippen molar-refractivity contribution in [2.45, 2.75) is 18.4 Å². The Kier molecular flexibility index (Phi) is 6.57. The lowest BCUT2D eigenvalue weighted by atomic mass is 10.2. The van der Waals surface area contributed by atoms with Gasteiger partial charge in [0, 0.05) is 19.6 Å². The first-order chi connectivity index (χ1) is 13.9. The summed E-state index contributed by atoms with van der Waals surface area (Å²) in [6.07, 6.45) is 3.06. The van der Waals surface area contributed by atoms with Crippen molar-refractivity contribution in [2.24, 2.45) is 0 Å². The SMILES string of the molecule is Cc1ccc(S(=O)(=O)NCCNC(=O)NCc2ccc(-n3cncn3)cc2)cc1. The highest BCUT2D eigenvalue weighted by Gasteiger charge is 2.12. The van der Waals surface area contributed by atoms with E-state index in [0.717, 1.165) is 16.8 Å². The topological polar surface area (TPSA) is 118 Å². The summed E-state index contributed by atoms with van der Waals surface area (Å²) in [5, 5.41) is 9.40. The third kappa shape index (κ3) is 5.87. The molecule has 0 aliphatic heterocycles. The zero-order chi connectivity index (χ0) is 20.7. The molecule has 0 spiro atoms. The molecule has 3 aromatic rings. The molecule has 2 amide bonds. The number of amides is 2. The molecule has 0 saturated carbocycles. The number of nitrogens with one attached hydrogen (secondary N) is 3. The van der Waals surface area contributed by atoms with Gasteiger partial charge in [0.1, 0.15) is 12.7 Å². The molecule has 0 saturated heterocycles. The number of hydrogen-bond donors (Lipinski definition) is 3. The minimum absolute atomic E-state index is 0.0935. The van der Waals surface area contributed by atoms with E-state index in [9.17, 15) is 13.2 Å². The van der Waals surface area contributed by atoms with E-state index in [0.29, 0.717) is 6.54 Å². The molecule has 3 N–H and O–H groups in total. The Morgan fingerprint density at radius 3 is 2.38 bits per heavy atom. The number of aryl methyl sites for hydroxylation is 1. The third-order valence-corrected chi connectivity index (χ3v) is 5.58. The second-order valence-electron chi connectivity index (χ2n) is 6.33. The van der Waals surface area contributed by atoms with Crippen LogP contribution in [0, 0.1) is 6.92 Å². The van der Waals surface area contributed by atoms with Gasteiger partial charge in [-0.15, -0.1) is 0 Å². The van der Waals surface area contributed by atoms with E-state index in [1.165, 1.54) is 6.33 Å². The molecule has 0 fully saturated rings. The molecule has 0 aliphatic rings. The van der Waals surface area contributed by atoms with E-state index < -0.39 is 10.0 Å². The first-order valence-corrected chi connectivity index (χ1v) is 10.4. The van der Waals surface area contributed by atoms with Gasteiger partial charge in [-0.25, -0.2) is 27.6 Å². The molecule has 0 bridgehead atoms. The van der Waals surface area contributed by atoms with E-state index in [-0.39, 0.29) is 24.0 Å².